The zero-order valence-electron chi connectivity index (χ0n) is 24.8. The van der Waals surface area contributed by atoms with E-state index in [1.165, 1.54) is 17.7 Å². The minimum Gasteiger partial charge on any atom is -0.337 e. The Morgan fingerprint density at radius 2 is 1.65 bits per heavy atom. The fourth-order valence-electron chi connectivity index (χ4n) is 5.43. The van der Waals surface area contributed by atoms with E-state index in [1.54, 1.807) is 24.5 Å². The van der Waals surface area contributed by atoms with Crippen LogP contribution >= 0.6 is 0 Å². The molecule has 3 N–H and O–H groups in total. The SMILES string of the molecule is CS(=O)(=O)CCc1cc(F)cc(-c2nccc3[nH]c(-c4[nH]nc5ncc(-c6cncc(CNCc7ccccc7)c6)cc45)nc23)c1. The van der Waals surface area contributed by atoms with Crippen LogP contribution in [0.2, 0.25) is 0 Å². The highest BCUT2D eigenvalue weighted by atomic mass is 32.2. The van der Waals surface area contributed by atoms with Gasteiger partial charge in [0.2, 0.25) is 0 Å². The molecule has 230 valence electrons. The number of nitrogens with one attached hydrogen (secondary N) is 3. The predicted molar refractivity (Wildman–Crippen MR) is 176 cm³/mol. The first kappa shape index (κ1) is 29.4. The maximum atomic E-state index is 14.6. The molecule has 0 bridgehead atoms. The van der Waals surface area contributed by atoms with Gasteiger partial charge in [-0.25, -0.2) is 22.8 Å². The third-order valence-corrected chi connectivity index (χ3v) is 8.61. The van der Waals surface area contributed by atoms with Gasteiger partial charge in [-0.1, -0.05) is 30.3 Å². The van der Waals surface area contributed by atoms with Gasteiger partial charge >= 0.3 is 0 Å². The summed E-state index contributed by atoms with van der Waals surface area (Å²) in [5.74, 6) is -0.0234. The molecule has 0 radical (unpaired) electrons. The summed E-state index contributed by atoms with van der Waals surface area (Å²) in [6.07, 6.45) is 8.43. The van der Waals surface area contributed by atoms with Crippen LogP contribution in [-0.4, -0.2) is 55.5 Å². The van der Waals surface area contributed by atoms with Gasteiger partial charge in [-0.05, 0) is 59.5 Å². The van der Waals surface area contributed by atoms with E-state index in [1.807, 2.05) is 36.7 Å². The van der Waals surface area contributed by atoms with Crippen molar-refractivity contribution in [3.8, 4) is 33.9 Å². The standard InChI is InChI=1S/C34H29FN8O2S/c1-46(44,45)10-8-22-11-24(14-27(35)13-22)30-32-29(7-9-38-30)40-34(41-32)31-28-15-26(20-39-33(28)43-42-31)25-12-23(18-37-19-25)17-36-16-21-5-3-2-4-6-21/h2-7,9,11-15,18-20,36H,8,10,16-17H2,1H3,(H,40,41)(H,39,42,43). The Hall–Kier alpha value is -5.33. The van der Waals surface area contributed by atoms with Crippen molar-refractivity contribution in [1.82, 2.24) is 40.4 Å². The molecule has 2 aromatic carbocycles. The van der Waals surface area contributed by atoms with E-state index in [2.05, 4.69) is 53.6 Å². The van der Waals surface area contributed by atoms with Crippen molar-refractivity contribution < 1.29 is 12.8 Å². The number of rotatable bonds is 10. The minimum atomic E-state index is -3.20. The number of hydrogen-bond acceptors (Lipinski definition) is 8. The quantitative estimate of drug-likeness (QED) is 0.176. The number of fused-ring (bicyclic) bond motifs is 2. The first-order valence-corrected chi connectivity index (χ1v) is 16.7. The number of H-pyrrole nitrogens is 2. The largest absolute Gasteiger partial charge is 0.337 e. The number of aromatic nitrogens is 7. The fourth-order valence-corrected chi connectivity index (χ4v) is 6.03. The zero-order chi connectivity index (χ0) is 31.7. The van der Waals surface area contributed by atoms with Crippen LogP contribution in [0.15, 0.2) is 91.5 Å². The van der Waals surface area contributed by atoms with E-state index in [9.17, 15) is 12.8 Å². The van der Waals surface area contributed by atoms with Crippen LogP contribution in [-0.2, 0) is 29.3 Å². The average Bonchev–Trinajstić information content (AvgIpc) is 3.68. The molecule has 0 saturated heterocycles. The van der Waals surface area contributed by atoms with E-state index >= 15 is 0 Å². The Kier molecular flexibility index (Phi) is 7.81. The van der Waals surface area contributed by atoms with E-state index < -0.39 is 15.7 Å². The molecule has 46 heavy (non-hydrogen) atoms. The highest BCUT2D eigenvalue weighted by molar-refractivity contribution is 7.90. The van der Waals surface area contributed by atoms with Crippen molar-refractivity contribution in [3.63, 3.8) is 0 Å². The van der Waals surface area contributed by atoms with Crippen LogP contribution in [0.25, 0.3) is 56.0 Å². The molecule has 0 unspecified atom stereocenters. The summed E-state index contributed by atoms with van der Waals surface area (Å²) in [4.78, 5) is 21.7. The molecule has 0 saturated carbocycles. The highest BCUT2D eigenvalue weighted by Gasteiger charge is 2.18. The monoisotopic (exact) mass is 632 g/mol. The molecule has 7 rings (SSSR count). The number of halogens is 1. The summed E-state index contributed by atoms with van der Waals surface area (Å²) >= 11 is 0. The number of sulfone groups is 1. The second-order valence-electron chi connectivity index (χ2n) is 11.2. The van der Waals surface area contributed by atoms with Crippen LogP contribution in [0.4, 0.5) is 4.39 Å². The topological polar surface area (TPSA) is 142 Å². The second kappa shape index (κ2) is 12.2. The normalized spacial score (nSPS) is 11.9. The van der Waals surface area contributed by atoms with Crippen molar-refractivity contribution in [2.75, 3.05) is 12.0 Å². The Morgan fingerprint density at radius 3 is 2.50 bits per heavy atom. The third-order valence-electron chi connectivity index (χ3n) is 7.67. The fraction of sp³-hybridized carbons (Fsp3) is 0.147. The van der Waals surface area contributed by atoms with Gasteiger partial charge in [0.25, 0.3) is 0 Å². The molecule has 7 aromatic rings. The van der Waals surface area contributed by atoms with Gasteiger partial charge in [0.15, 0.2) is 11.5 Å². The number of imidazole rings is 1. The summed E-state index contributed by atoms with van der Waals surface area (Å²) in [7, 11) is -3.20. The van der Waals surface area contributed by atoms with Crippen molar-refractivity contribution in [1.29, 1.82) is 0 Å². The predicted octanol–water partition coefficient (Wildman–Crippen LogP) is 5.64. The summed E-state index contributed by atoms with van der Waals surface area (Å²) < 4.78 is 38.0. The van der Waals surface area contributed by atoms with Gasteiger partial charge in [-0.3, -0.25) is 15.1 Å². The molecule has 0 aliphatic heterocycles. The van der Waals surface area contributed by atoms with Gasteiger partial charge in [-0.15, -0.1) is 0 Å². The van der Waals surface area contributed by atoms with E-state index in [4.69, 9.17) is 4.98 Å². The molecular weight excluding hydrogens is 603 g/mol. The summed E-state index contributed by atoms with van der Waals surface area (Å²) in [6.45, 7) is 1.43. The van der Waals surface area contributed by atoms with E-state index in [-0.39, 0.29) is 12.2 Å². The molecule has 0 spiro atoms. The molecule has 0 aliphatic rings. The molecule has 5 heterocycles. The molecule has 0 aliphatic carbocycles. The van der Waals surface area contributed by atoms with E-state index in [0.717, 1.165) is 34.9 Å². The van der Waals surface area contributed by atoms with Crippen LogP contribution in [0.5, 0.6) is 0 Å². The lowest BCUT2D eigenvalue weighted by molar-refractivity contribution is 0.600. The smallest absolute Gasteiger partial charge is 0.181 e. The Morgan fingerprint density at radius 1 is 0.848 bits per heavy atom. The first-order chi connectivity index (χ1) is 22.3. The molecule has 0 atom stereocenters. The van der Waals surface area contributed by atoms with Crippen molar-refractivity contribution in [2.45, 2.75) is 19.5 Å². The maximum absolute atomic E-state index is 14.6. The van der Waals surface area contributed by atoms with Gasteiger partial charge in [0.1, 0.15) is 26.9 Å². The summed E-state index contributed by atoms with van der Waals surface area (Å²) in [5.41, 5.74) is 8.06. The minimum absolute atomic E-state index is 0.0749. The van der Waals surface area contributed by atoms with Gasteiger partial charge in [0, 0.05) is 60.8 Å². The lowest BCUT2D eigenvalue weighted by Gasteiger charge is -2.07. The lowest BCUT2D eigenvalue weighted by Crippen LogP contribution is -2.12. The van der Waals surface area contributed by atoms with Crippen LogP contribution in [0.3, 0.4) is 0 Å². The zero-order valence-corrected chi connectivity index (χ0v) is 25.6. The Bertz CT molecular complexity index is 2300. The van der Waals surface area contributed by atoms with Crippen molar-refractivity contribution in [2.24, 2.45) is 0 Å². The molecule has 0 amide bonds. The van der Waals surface area contributed by atoms with E-state index in [0.29, 0.717) is 51.6 Å². The van der Waals surface area contributed by atoms with Crippen molar-refractivity contribution in [3.05, 3.63) is 114 Å². The summed E-state index contributed by atoms with van der Waals surface area (Å²) in [5, 5.41) is 11.7. The van der Waals surface area contributed by atoms with Gasteiger partial charge in [-0.2, -0.15) is 5.10 Å². The Balaban J connectivity index is 1.19. The van der Waals surface area contributed by atoms with Gasteiger partial charge in [0.05, 0.1) is 22.3 Å². The molecule has 0 fully saturated rings. The number of pyridine rings is 3. The lowest BCUT2D eigenvalue weighted by atomic mass is 10.0. The van der Waals surface area contributed by atoms with Crippen LogP contribution in [0.1, 0.15) is 16.7 Å². The highest BCUT2D eigenvalue weighted by Crippen LogP contribution is 2.32. The molecule has 12 heteroatoms. The Labute approximate surface area is 264 Å². The third kappa shape index (κ3) is 6.39. The number of aromatic amines is 2. The number of hydrogen-bond donors (Lipinski definition) is 3. The number of aryl methyl sites for hydroxylation is 1. The van der Waals surface area contributed by atoms with Gasteiger partial charge < -0.3 is 10.3 Å². The second-order valence-corrected chi connectivity index (χ2v) is 13.5. The number of nitrogens with zero attached hydrogens (tertiary/aromatic N) is 5. The molecule has 5 aromatic heterocycles. The maximum Gasteiger partial charge on any atom is 0.181 e. The molecular formula is C34H29FN8O2S. The number of benzene rings is 2. The average molecular weight is 633 g/mol. The summed E-state index contributed by atoms with van der Waals surface area (Å²) in [6, 6.07) is 20.6. The van der Waals surface area contributed by atoms with Crippen LogP contribution in [0, 0.1) is 5.82 Å². The van der Waals surface area contributed by atoms with Crippen LogP contribution < -0.4 is 5.32 Å². The molecule has 10 nitrogen and oxygen atoms in total. The first-order valence-electron chi connectivity index (χ1n) is 14.6. The van der Waals surface area contributed by atoms with Crippen molar-refractivity contribution >= 4 is 31.9 Å².